The number of H-pyrrole nitrogens is 1. The van der Waals surface area contributed by atoms with E-state index in [4.69, 9.17) is 15.2 Å². The molecule has 0 amide bonds. The topological polar surface area (TPSA) is 73.2 Å². The molecule has 2 rings (SSSR count). The summed E-state index contributed by atoms with van der Waals surface area (Å²) < 4.78 is 11.4. The Morgan fingerprint density at radius 2 is 2.00 bits per heavy atom. The van der Waals surface area contributed by atoms with Gasteiger partial charge in [0.05, 0.1) is 24.4 Å². The summed E-state index contributed by atoms with van der Waals surface area (Å²) in [6, 6.07) is 5.43. The molecule has 17 heavy (non-hydrogen) atoms. The Bertz CT molecular complexity index is 540. The van der Waals surface area contributed by atoms with Gasteiger partial charge in [-0.1, -0.05) is 0 Å². The SMILES string of the molecule is COc1cc(Br)c(OC)c(-c2cc(N)n[nH]2)c1. The van der Waals surface area contributed by atoms with Crippen LogP contribution in [0.5, 0.6) is 11.5 Å². The van der Waals surface area contributed by atoms with Crippen LogP contribution in [-0.4, -0.2) is 24.4 Å². The van der Waals surface area contributed by atoms with Crippen LogP contribution in [0.25, 0.3) is 11.3 Å². The third kappa shape index (κ3) is 2.21. The lowest BCUT2D eigenvalue weighted by Gasteiger charge is -2.11. The van der Waals surface area contributed by atoms with Crippen molar-refractivity contribution in [2.24, 2.45) is 0 Å². The van der Waals surface area contributed by atoms with E-state index in [9.17, 15) is 0 Å². The number of anilines is 1. The van der Waals surface area contributed by atoms with Crippen molar-refractivity contribution in [3.05, 3.63) is 22.7 Å². The third-order valence-electron chi connectivity index (χ3n) is 2.34. The standard InChI is InChI=1S/C11H12BrN3O2/c1-16-6-3-7(9-5-10(13)15-14-9)11(17-2)8(12)4-6/h3-5H,1-2H3,(H3,13,14,15). The number of hydrogen-bond donors (Lipinski definition) is 2. The summed E-state index contributed by atoms with van der Waals surface area (Å²) in [4.78, 5) is 0. The summed E-state index contributed by atoms with van der Waals surface area (Å²) in [7, 11) is 3.22. The van der Waals surface area contributed by atoms with Gasteiger partial charge in [0.15, 0.2) is 0 Å². The molecule has 3 N–H and O–H groups in total. The summed E-state index contributed by atoms with van der Waals surface area (Å²) >= 11 is 3.43. The van der Waals surface area contributed by atoms with Gasteiger partial charge in [-0.3, -0.25) is 5.10 Å². The maximum Gasteiger partial charge on any atom is 0.145 e. The molecule has 0 aliphatic carbocycles. The van der Waals surface area contributed by atoms with Crippen LogP contribution in [0.4, 0.5) is 5.82 Å². The predicted molar refractivity (Wildman–Crippen MR) is 69.2 cm³/mol. The normalized spacial score (nSPS) is 10.3. The van der Waals surface area contributed by atoms with Crippen LogP contribution < -0.4 is 15.2 Å². The highest BCUT2D eigenvalue weighted by Crippen LogP contribution is 2.39. The van der Waals surface area contributed by atoms with Crippen molar-refractivity contribution in [1.82, 2.24) is 10.2 Å². The van der Waals surface area contributed by atoms with Crippen molar-refractivity contribution in [2.45, 2.75) is 0 Å². The molecule has 0 saturated carbocycles. The fraction of sp³-hybridized carbons (Fsp3) is 0.182. The van der Waals surface area contributed by atoms with Gasteiger partial charge in [-0.2, -0.15) is 5.10 Å². The van der Waals surface area contributed by atoms with E-state index < -0.39 is 0 Å². The fourth-order valence-corrected chi connectivity index (χ4v) is 2.17. The Morgan fingerprint density at radius 3 is 2.53 bits per heavy atom. The number of nitrogens with one attached hydrogen (secondary N) is 1. The predicted octanol–water partition coefficient (Wildman–Crippen LogP) is 2.44. The zero-order valence-corrected chi connectivity index (χ0v) is 11.0. The summed E-state index contributed by atoms with van der Waals surface area (Å²) in [6.07, 6.45) is 0. The molecule has 0 aliphatic heterocycles. The second-order valence-electron chi connectivity index (χ2n) is 3.40. The van der Waals surface area contributed by atoms with Gasteiger partial charge in [0, 0.05) is 11.6 Å². The molecular formula is C11H12BrN3O2. The van der Waals surface area contributed by atoms with Gasteiger partial charge in [0.2, 0.25) is 0 Å². The minimum atomic E-state index is 0.431. The molecule has 0 saturated heterocycles. The molecule has 1 heterocycles. The second-order valence-corrected chi connectivity index (χ2v) is 4.25. The average Bonchev–Trinajstić information content (AvgIpc) is 2.74. The Morgan fingerprint density at radius 1 is 1.24 bits per heavy atom. The van der Waals surface area contributed by atoms with Gasteiger partial charge >= 0.3 is 0 Å². The number of benzene rings is 1. The van der Waals surface area contributed by atoms with Crippen LogP contribution in [0.2, 0.25) is 0 Å². The number of nitrogens with two attached hydrogens (primary N) is 1. The number of halogens is 1. The lowest BCUT2D eigenvalue weighted by Crippen LogP contribution is -1.92. The molecule has 0 fully saturated rings. The van der Waals surface area contributed by atoms with E-state index in [1.165, 1.54) is 0 Å². The number of nitrogen functional groups attached to an aromatic ring is 1. The molecule has 0 atom stereocenters. The Balaban J connectivity index is 2.61. The Labute approximate surface area is 107 Å². The van der Waals surface area contributed by atoms with Gasteiger partial charge in [-0.15, -0.1) is 0 Å². The minimum Gasteiger partial charge on any atom is -0.497 e. The quantitative estimate of drug-likeness (QED) is 0.913. The first-order valence-electron chi connectivity index (χ1n) is 4.88. The fourth-order valence-electron chi connectivity index (χ4n) is 1.57. The summed E-state index contributed by atoms with van der Waals surface area (Å²) in [5.41, 5.74) is 7.20. The maximum atomic E-state index is 5.59. The molecule has 1 aromatic heterocycles. The number of nitrogens with zero attached hydrogens (tertiary/aromatic N) is 1. The van der Waals surface area contributed by atoms with E-state index in [0.29, 0.717) is 11.6 Å². The van der Waals surface area contributed by atoms with Crippen molar-refractivity contribution < 1.29 is 9.47 Å². The second kappa shape index (κ2) is 4.67. The van der Waals surface area contributed by atoms with Crippen LogP contribution in [0.15, 0.2) is 22.7 Å². The molecule has 5 nitrogen and oxygen atoms in total. The van der Waals surface area contributed by atoms with E-state index in [1.54, 1.807) is 20.3 Å². The highest BCUT2D eigenvalue weighted by Gasteiger charge is 2.14. The lowest BCUT2D eigenvalue weighted by molar-refractivity contribution is 0.402. The summed E-state index contributed by atoms with van der Waals surface area (Å²) in [5, 5.41) is 6.74. The lowest BCUT2D eigenvalue weighted by atomic mass is 10.1. The maximum absolute atomic E-state index is 5.59. The molecule has 90 valence electrons. The molecular weight excluding hydrogens is 286 g/mol. The van der Waals surface area contributed by atoms with E-state index >= 15 is 0 Å². The van der Waals surface area contributed by atoms with Gasteiger partial charge in [-0.05, 0) is 28.1 Å². The largest absolute Gasteiger partial charge is 0.497 e. The molecule has 0 spiro atoms. The zero-order chi connectivity index (χ0) is 12.4. The van der Waals surface area contributed by atoms with Gasteiger partial charge < -0.3 is 15.2 Å². The monoisotopic (exact) mass is 297 g/mol. The first kappa shape index (κ1) is 11.8. The zero-order valence-electron chi connectivity index (χ0n) is 9.45. The number of hydrogen-bond acceptors (Lipinski definition) is 4. The Kier molecular flexibility index (Phi) is 3.23. The van der Waals surface area contributed by atoms with Crippen LogP contribution in [0.1, 0.15) is 0 Å². The van der Waals surface area contributed by atoms with Crippen LogP contribution in [-0.2, 0) is 0 Å². The summed E-state index contributed by atoms with van der Waals surface area (Å²) in [5.74, 6) is 1.86. The van der Waals surface area contributed by atoms with Crippen molar-refractivity contribution in [3.8, 4) is 22.8 Å². The number of aromatic amines is 1. The number of aromatic nitrogens is 2. The van der Waals surface area contributed by atoms with Gasteiger partial charge in [-0.25, -0.2) is 0 Å². The third-order valence-corrected chi connectivity index (χ3v) is 2.93. The van der Waals surface area contributed by atoms with Gasteiger partial charge in [0.1, 0.15) is 17.3 Å². The number of methoxy groups -OCH3 is 2. The molecule has 0 bridgehead atoms. The molecule has 0 aliphatic rings. The van der Waals surface area contributed by atoms with Crippen molar-refractivity contribution in [2.75, 3.05) is 20.0 Å². The van der Waals surface area contributed by atoms with E-state index in [1.807, 2.05) is 12.1 Å². The first-order chi connectivity index (χ1) is 8.15. The van der Waals surface area contributed by atoms with Crippen molar-refractivity contribution in [1.29, 1.82) is 0 Å². The molecule has 0 radical (unpaired) electrons. The van der Waals surface area contributed by atoms with Crippen LogP contribution >= 0.6 is 15.9 Å². The molecule has 0 unspecified atom stereocenters. The van der Waals surface area contributed by atoms with Crippen LogP contribution in [0, 0.1) is 0 Å². The highest BCUT2D eigenvalue weighted by atomic mass is 79.9. The first-order valence-corrected chi connectivity index (χ1v) is 5.67. The van der Waals surface area contributed by atoms with Crippen molar-refractivity contribution >= 4 is 21.7 Å². The summed E-state index contributed by atoms with van der Waals surface area (Å²) in [6.45, 7) is 0. The molecule has 1 aromatic carbocycles. The molecule has 6 heteroatoms. The number of ether oxygens (including phenoxy) is 2. The highest BCUT2D eigenvalue weighted by molar-refractivity contribution is 9.10. The van der Waals surface area contributed by atoms with Crippen LogP contribution in [0.3, 0.4) is 0 Å². The average molecular weight is 298 g/mol. The van der Waals surface area contributed by atoms with Gasteiger partial charge in [0.25, 0.3) is 0 Å². The van der Waals surface area contributed by atoms with E-state index in [0.717, 1.165) is 21.5 Å². The van der Waals surface area contributed by atoms with E-state index in [2.05, 4.69) is 26.1 Å². The molecule has 2 aromatic rings. The smallest absolute Gasteiger partial charge is 0.145 e. The van der Waals surface area contributed by atoms with E-state index in [-0.39, 0.29) is 0 Å². The minimum absolute atomic E-state index is 0.431. The Hall–Kier alpha value is -1.69. The number of rotatable bonds is 3. The van der Waals surface area contributed by atoms with Crippen molar-refractivity contribution in [3.63, 3.8) is 0 Å².